The van der Waals surface area contributed by atoms with Gasteiger partial charge in [-0.1, -0.05) is 12.1 Å². The molecule has 0 aliphatic carbocycles. The van der Waals surface area contributed by atoms with Gasteiger partial charge in [-0.15, -0.1) is 11.6 Å². The van der Waals surface area contributed by atoms with Crippen molar-refractivity contribution < 1.29 is 0 Å². The number of benzene rings is 1. The van der Waals surface area contributed by atoms with Crippen LogP contribution in [0.15, 0.2) is 24.3 Å². The van der Waals surface area contributed by atoms with E-state index in [9.17, 15) is 0 Å². The van der Waals surface area contributed by atoms with Gasteiger partial charge in [-0.3, -0.25) is 0 Å². The van der Waals surface area contributed by atoms with Gasteiger partial charge in [0.2, 0.25) is 5.95 Å². The minimum atomic E-state index is 0.334. The highest BCUT2D eigenvalue weighted by atomic mass is 35.5. The predicted molar refractivity (Wildman–Crippen MR) is 71.8 cm³/mol. The summed E-state index contributed by atoms with van der Waals surface area (Å²) in [5, 5.41) is 0.334. The van der Waals surface area contributed by atoms with Gasteiger partial charge >= 0.3 is 0 Å². The Morgan fingerprint density at radius 1 is 1.24 bits per heavy atom. The Bertz CT molecular complexity index is 526. The summed E-state index contributed by atoms with van der Waals surface area (Å²) in [7, 11) is 2.08. The number of hydrogen-bond acceptors (Lipinski definition) is 2. The Balaban J connectivity index is 1.97. The molecular formula is C13H16ClN3. The number of alkyl halides is 1. The van der Waals surface area contributed by atoms with E-state index in [0.29, 0.717) is 5.38 Å². The Morgan fingerprint density at radius 3 is 2.65 bits per heavy atom. The molecule has 2 heterocycles. The minimum absolute atomic E-state index is 0.334. The number of halogens is 1. The number of piperidine rings is 1. The van der Waals surface area contributed by atoms with Crippen molar-refractivity contribution in [3.63, 3.8) is 0 Å². The Hall–Kier alpha value is -1.22. The van der Waals surface area contributed by atoms with Crippen molar-refractivity contribution in [3.05, 3.63) is 24.3 Å². The average molecular weight is 250 g/mol. The van der Waals surface area contributed by atoms with E-state index in [0.717, 1.165) is 37.4 Å². The predicted octanol–water partition coefficient (Wildman–Crippen LogP) is 2.78. The zero-order valence-corrected chi connectivity index (χ0v) is 10.7. The maximum Gasteiger partial charge on any atom is 0.206 e. The molecule has 1 aromatic carbocycles. The minimum Gasteiger partial charge on any atom is -0.342 e. The van der Waals surface area contributed by atoms with Gasteiger partial charge in [0, 0.05) is 25.5 Å². The normalized spacial score (nSPS) is 17.9. The van der Waals surface area contributed by atoms with Crippen molar-refractivity contribution in [2.75, 3.05) is 18.0 Å². The standard InChI is InChI=1S/C13H16ClN3/c1-16-12-5-3-2-4-11(12)15-13(16)17-8-6-10(14)7-9-17/h2-5,10H,6-9H2,1H3. The molecule has 17 heavy (non-hydrogen) atoms. The van der Waals surface area contributed by atoms with Crippen molar-refractivity contribution in [2.24, 2.45) is 7.05 Å². The topological polar surface area (TPSA) is 21.1 Å². The molecule has 3 rings (SSSR count). The summed E-state index contributed by atoms with van der Waals surface area (Å²) in [6.07, 6.45) is 2.09. The molecule has 2 aromatic rings. The molecule has 1 aliphatic heterocycles. The van der Waals surface area contributed by atoms with Crippen molar-refractivity contribution in [1.29, 1.82) is 0 Å². The summed E-state index contributed by atoms with van der Waals surface area (Å²) in [6, 6.07) is 8.26. The maximum absolute atomic E-state index is 6.13. The van der Waals surface area contributed by atoms with E-state index in [-0.39, 0.29) is 0 Å². The van der Waals surface area contributed by atoms with E-state index in [2.05, 4.69) is 34.7 Å². The number of nitrogens with zero attached hydrogens (tertiary/aromatic N) is 3. The van der Waals surface area contributed by atoms with E-state index in [1.165, 1.54) is 5.52 Å². The molecule has 1 saturated heterocycles. The van der Waals surface area contributed by atoms with E-state index < -0.39 is 0 Å². The first-order chi connectivity index (χ1) is 8.25. The molecule has 0 radical (unpaired) electrons. The van der Waals surface area contributed by atoms with Crippen LogP contribution in [0, 0.1) is 0 Å². The summed E-state index contributed by atoms with van der Waals surface area (Å²) in [5.41, 5.74) is 2.26. The van der Waals surface area contributed by atoms with Crippen LogP contribution in [0.3, 0.4) is 0 Å². The number of fused-ring (bicyclic) bond motifs is 1. The van der Waals surface area contributed by atoms with Gasteiger partial charge in [0.05, 0.1) is 11.0 Å². The lowest BCUT2D eigenvalue weighted by atomic mass is 10.1. The number of aryl methyl sites for hydroxylation is 1. The largest absolute Gasteiger partial charge is 0.342 e. The third-order valence-corrected chi connectivity index (χ3v) is 3.91. The molecule has 90 valence electrons. The van der Waals surface area contributed by atoms with Crippen molar-refractivity contribution in [2.45, 2.75) is 18.2 Å². The first-order valence-corrected chi connectivity index (χ1v) is 6.50. The van der Waals surface area contributed by atoms with Crippen LogP contribution < -0.4 is 4.90 Å². The lowest BCUT2D eigenvalue weighted by Crippen LogP contribution is -2.35. The van der Waals surface area contributed by atoms with Crippen LogP contribution in [-0.2, 0) is 7.05 Å². The fourth-order valence-corrected chi connectivity index (χ4v) is 2.66. The molecule has 0 bridgehead atoms. The van der Waals surface area contributed by atoms with Gasteiger partial charge in [0.15, 0.2) is 0 Å². The fraction of sp³-hybridized carbons (Fsp3) is 0.462. The number of aromatic nitrogens is 2. The van der Waals surface area contributed by atoms with Crippen molar-refractivity contribution in [1.82, 2.24) is 9.55 Å². The molecule has 0 saturated carbocycles. The molecule has 0 unspecified atom stereocenters. The number of anilines is 1. The average Bonchev–Trinajstić information content (AvgIpc) is 2.69. The van der Waals surface area contributed by atoms with Crippen LogP contribution in [0.4, 0.5) is 5.95 Å². The van der Waals surface area contributed by atoms with Crippen LogP contribution in [0.1, 0.15) is 12.8 Å². The van der Waals surface area contributed by atoms with Crippen LogP contribution in [0.25, 0.3) is 11.0 Å². The lowest BCUT2D eigenvalue weighted by molar-refractivity contribution is 0.570. The zero-order valence-electron chi connectivity index (χ0n) is 9.93. The highest BCUT2D eigenvalue weighted by molar-refractivity contribution is 6.20. The van der Waals surface area contributed by atoms with Gasteiger partial charge in [-0.05, 0) is 25.0 Å². The quantitative estimate of drug-likeness (QED) is 0.725. The molecule has 0 N–H and O–H groups in total. The molecule has 4 heteroatoms. The number of para-hydroxylation sites is 2. The second-order valence-corrected chi connectivity index (χ2v) is 5.24. The van der Waals surface area contributed by atoms with Gasteiger partial charge in [0.1, 0.15) is 0 Å². The van der Waals surface area contributed by atoms with E-state index in [1.807, 2.05) is 6.07 Å². The number of imidazole rings is 1. The summed E-state index contributed by atoms with van der Waals surface area (Å²) in [4.78, 5) is 7.04. The number of rotatable bonds is 1. The second kappa shape index (κ2) is 4.22. The highest BCUT2D eigenvalue weighted by Gasteiger charge is 2.21. The molecule has 1 aliphatic rings. The molecule has 1 aromatic heterocycles. The maximum atomic E-state index is 6.13. The monoisotopic (exact) mass is 249 g/mol. The Morgan fingerprint density at radius 2 is 1.94 bits per heavy atom. The summed E-state index contributed by atoms with van der Waals surface area (Å²) in [5.74, 6) is 1.06. The smallest absolute Gasteiger partial charge is 0.206 e. The van der Waals surface area contributed by atoms with Crippen LogP contribution in [-0.4, -0.2) is 28.0 Å². The van der Waals surface area contributed by atoms with Gasteiger partial charge in [0.25, 0.3) is 0 Å². The molecule has 0 spiro atoms. The lowest BCUT2D eigenvalue weighted by Gasteiger charge is -2.30. The van der Waals surface area contributed by atoms with Crippen LogP contribution in [0.5, 0.6) is 0 Å². The van der Waals surface area contributed by atoms with Crippen LogP contribution >= 0.6 is 11.6 Å². The van der Waals surface area contributed by atoms with Crippen molar-refractivity contribution >= 4 is 28.6 Å². The summed E-state index contributed by atoms with van der Waals surface area (Å²) in [6.45, 7) is 2.01. The Labute approximate surface area is 106 Å². The van der Waals surface area contributed by atoms with Gasteiger partial charge in [-0.2, -0.15) is 0 Å². The van der Waals surface area contributed by atoms with E-state index >= 15 is 0 Å². The fourth-order valence-electron chi connectivity index (χ4n) is 2.46. The molecule has 1 fully saturated rings. The molecule has 0 atom stereocenters. The summed E-state index contributed by atoms with van der Waals surface area (Å²) >= 11 is 6.13. The molecule has 0 amide bonds. The van der Waals surface area contributed by atoms with Crippen LogP contribution in [0.2, 0.25) is 0 Å². The zero-order chi connectivity index (χ0) is 11.8. The first-order valence-electron chi connectivity index (χ1n) is 6.06. The first kappa shape index (κ1) is 10.9. The van der Waals surface area contributed by atoms with Gasteiger partial charge in [-0.25, -0.2) is 4.98 Å². The number of hydrogen-bond donors (Lipinski definition) is 0. The van der Waals surface area contributed by atoms with E-state index in [4.69, 9.17) is 16.6 Å². The van der Waals surface area contributed by atoms with Gasteiger partial charge < -0.3 is 9.47 Å². The summed E-state index contributed by atoms with van der Waals surface area (Å²) < 4.78 is 2.17. The molecular weight excluding hydrogens is 234 g/mol. The third-order valence-electron chi connectivity index (χ3n) is 3.47. The highest BCUT2D eigenvalue weighted by Crippen LogP contribution is 2.25. The molecule has 3 nitrogen and oxygen atoms in total. The third kappa shape index (κ3) is 1.89. The Kier molecular flexibility index (Phi) is 2.71. The second-order valence-electron chi connectivity index (χ2n) is 4.62. The SMILES string of the molecule is Cn1c(N2CCC(Cl)CC2)nc2ccccc21. The van der Waals surface area contributed by atoms with E-state index in [1.54, 1.807) is 0 Å². The van der Waals surface area contributed by atoms with Crippen molar-refractivity contribution in [3.8, 4) is 0 Å².